The SMILES string of the molecule is CC[C@@]1(C(C)O)OC[C@H](C(=O)OC)O1. The molecule has 14 heavy (non-hydrogen) atoms. The van der Waals surface area contributed by atoms with Gasteiger partial charge in [0.05, 0.1) is 13.7 Å². The van der Waals surface area contributed by atoms with Crippen molar-refractivity contribution in [1.29, 1.82) is 0 Å². The maximum Gasteiger partial charge on any atom is 0.337 e. The Labute approximate surface area is 82.9 Å². The zero-order valence-electron chi connectivity index (χ0n) is 8.65. The van der Waals surface area contributed by atoms with Crippen LogP contribution in [0.1, 0.15) is 20.3 Å². The van der Waals surface area contributed by atoms with Gasteiger partial charge in [-0.15, -0.1) is 0 Å². The van der Waals surface area contributed by atoms with E-state index in [0.717, 1.165) is 0 Å². The quantitative estimate of drug-likeness (QED) is 0.659. The lowest BCUT2D eigenvalue weighted by molar-refractivity contribution is -0.226. The van der Waals surface area contributed by atoms with E-state index in [1.165, 1.54) is 7.11 Å². The summed E-state index contributed by atoms with van der Waals surface area (Å²) in [6.07, 6.45) is -1.02. The number of carbonyl (C=O) groups is 1. The maximum atomic E-state index is 11.1. The molecule has 0 bridgehead atoms. The Hall–Kier alpha value is -0.650. The molecule has 0 radical (unpaired) electrons. The molecular formula is C9H16O5. The predicted molar refractivity (Wildman–Crippen MR) is 47.5 cm³/mol. The number of aliphatic hydroxyl groups excluding tert-OH is 1. The number of hydrogen-bond acceptors (Lipinski definition) is 5. The largest absolute Gasteiger partial charge is 0.467 e. The van der Waals surface area contributed by atoms with Gasteiger partial charge in [0.2, 0.25) is 0 Å². The van der Waals surface area contributed by atoms with E-state index in [1.54, 1.807) is 6.92 Å². The molecule has 5 heteroatoms. The molecule has 0 aromatic heterocycles. The monoisotopic (exact) mass is 204 g/mol. The first-order chi connectivity index (χ1) is 6.55. The molecule has 1 aliphatic rings. The molecule has 1 unspecified atom stereocenters. The van der Waals surface area contributed by atoms with Gasteiger partial charge in [-0.1, -0.05) is 6.92 Å². The van der Waals surface area contributed by atoms with Crippen molar-refractivity contribution in [1.82, 2.24) is 0 Å². The van der Waals surface area contributed by atoms with Crippen LogP contribution in [-0.4, -0.2) is 42.8 Å². The van der Waals surface area contributed by atoms with Crippen molar-refractivity contribution in [2.45, 2.75) is 38.3 Å². The van der Waals surface area contributed by atoms with Crippen LogP contribution in [0.4, 0.5) is 0 Å². The summed E-state index contributed by atoms with van der Waals surface area (Å²) in [5, 5.41) is 9.47. The van der Waals surface area contributed by atoms with E-state index in [4.69, 9.17) is 9.47 Å². The molecule has 1 saturated heterocycles. The normalized spacial score (nSPS) is 34.1. The van der Waals surface area contributed by atoms with Gasteiger partial charge in [0.1, 0.15) is 6.10 Å². The number of esters is 1. The second-order valence-electron chi connectivity index (χ2n) is 3.28. The van der Waals surface area contributed by atoms with Gasteiger partial charge >= 0.3 is 5.97 Å². The lowest BCUT2D eigenvalue weighted by atomic mass is 10.1. The first-order valence-corrected chi connectivity index (χ1v) is 4.63. The fourth-order valence-corrected chi connectivity index (χ4v) is 1.47. The highest BCUT2D eigenvalue weighted by molar-refractivity contribution is 5.75. The molecule has 1 heterocycles. The second-order valence-corrected chi connectivity index (χ2v) is 3.28. The van der Waals surface area contributed by atoms with Gasteiger partial charge in [0, 0.05) is 6.42 Å². The van der Waals surface area contributed by atoms with E-state index in [9.17, 15) is 9.90 Å². The van der Waals surface area contributed by atoms with Crippen molar-refractivity contribution in [3.63, 3.8) is 0 Å². The van der Waals surface area contributed by atoms with Crippen molar-refractivity contribution >= 4 is 5.97 Å². The molecule has 0 spiro atoms. The maximum absolute atomic E-state index is 11.1. The number of rotatable bonds is 3. The van der Waals surface area contributed by atoms with E-state index in [-0.39, 0.29) is 6.61 Å². The van der Waals surface area contributed by atoms with Crippen LogP contribution in [-0.2, 0) is 19.0 Å². The third-order valence-corrected chi connectivity index (χ3v) is 2.41. The number of methoxy groups -OCH3 is 1. The Bertz CT molecular complexity index is 215. The van der Waals surface area contributed by atoms with E-state index in [1.807, 2.05) is 6.92 Å². The van der Waals surface area contributed by atoms with Crippen LogP contribution in [0.15, 0.2) is 0 Å². The van der Waals surface area contributed by atoms with Crippen LogP contribution in [0.2, 0.25) is 0 Å². The molecule has 0 aromatic carbocycles. The molecule has 82 valence electrons. The molecule has 0 aliphatic carbocycles. The first kappa shape index (κ1) is 11.4. The van der Waals surface area contributed by atoms with Crippen LogP contribution < -0.4 is 0 Å². The molecule has 0 saturated carbocycles. The van der Waals surface area contributed by atoms with Crippen molar-refractivity contribution < 1.29 is 24.1 Å². The molecule has 1 aliphatic heterocycles. The third-order valence-electron chi connectivity index (χ3n) is 2.41. The fraction of sp³-hybridized carbons (Fsp3) is 0.889. The van der Waals surface area contributed by atoms with Crippen LogP contribution in [0.5, 0.6) is 0 Å². The van der Waals surface area contributed by atoms with Crippen LogP contribution in [0.3, 0.4) is 0 Å². The minimum Gasteiger partial charge on any atom is -0.467 e. The Morgan fingerprint density at radius 2 is 2.43 bits per heavy atom. The van der Waals surface area contributed by atoms with E-state index in [0.29, 0.717) is 6.42 Å². The smallest absolute Gasteiger partial charge is 0.337 e. The number of hydrogen-bond donors (Lipinski definition) is 1. The predicted octanol–water partition coefficient (Wildman–Crippen LogP) is 0.0619. The molecule has 0 aromatic rings. The topological polar surface area (TPSA) is 65.0 Å². The Kier molecular flexibility index (Phi) is 3.47. The molecular weight excluding hydrogens is 188 g/mol. The molecule has 1 rings (SSSR count). The van der Waals surface area contributed by atoms with Crippen LogP contribution in [0, 0.1) is 0 Å². The standard InChI is InChI=1S/C9H16O5/c1-4-9(6(2)10)13-5-7(14-9)8(11)12-3/h6-7,10H,4-5H2,1-3H3/t6?,7-,9-/m1/s1. The van der Waals surface area contributed by atoms with E-state index in [2.05, 4.69) is 4.74 Å². The lowest BCUT2D eigenvalue weighted by Crippen LogP contribution is -2.42. The Morgan fingerprint density at radius 1 is 1.79 bits per heavy atom. The minimum absolute atomic E-state index is 0.130. The van der Waals surface area contributed by atoms with E-state index >= 15 is 0 Å². The Balaban J connectivity index is 2.66. The van der Waals surface area contributed by atoms with Gasteiger partial charge in [-0.25, -0.2) is 4.79 Å². The van der Waals surface area contributed by atoms with Crippen molar-refractivity contribution in [3.8, 4) is 0 Å². The lowest BCUT2D eigenvalue weighted by Gasteiger charge is -2.29. The minimum atomic E-state index is -1.06. The zero-order valence-corrected chi connectivity index (χ0v) is 8.65. The second kappa shape index (κ2) is 4.25. The first-order valence-electron chi connectivity index (χ1n) is 4.63. The van der Waals surface area contributed by atoms with Gasteiger partial charge in [-0.3, -0.25) is 0 Å². The summed E-state index contributed by atoms with van der Waals surface area (Å²) < 4.78 is 15.2. The summed E-state index contributed by atoms with van der Waals surface area (Å²) in [6, 6.07) is 0. The summed E-state index contributed by atoms with van der Waals surface area (Å²) in [7, 11) is 1.29. The van der Waals surface area contributed by atoms with Crippen molar-refractivity contribution in [2.24, 2.45) is 0 Å². The van der Waals surface area contributed by atoms with Gasteiger partial charge in [-0.05, 0) is 6.92 Å². The summed E-state index contributed by atoms with van der Waals surface area (Å²) >= 11 is 0. The zero-order chi connectivity index (χ0) is 10.8. The summed E-state index contributed by atoms with van der Waals surface area (Å²) in [6.45, 7) is 3.53. The van der Waals surface area contributed by atoms with Crippen LogP contribution >= 0.6 is 0 Å². The third kappa shape index (κ3) is 1.89. The average molecular weight is 204 g/mol. The highest BCUT2D eigenvalue weighted by Gasteiger charge is 2.46. The van der Waals surface area contributed by atoms with Gasteiger partial charge in [-0.2, -0.15) is 0 Å². The number of ether oxygens (including phenoxy) is 3. The summed E-state index contributed by atoms with van der Waals surface area (Å²) in [5.41, 5.74) is 0. The average Bonchev–Trinajstić information content (AvgIpc) is 2.62. The molecule has 1 N–H and O–H groups in total. The molecule has 1 fully saturated rings. The van der Waals surface area contributed by atoms with Gasteiger partial charge in [0.25, 0.3) is 0 Å². The van der Waals surface area contributed by atoms with Crippen molar-refractivity contribution in [2.75, 3.05) is 13.7 Å². The van der Waals surface area contributed by atoms with Crippen molar-refractivity contribution in [3.05, 3.63) is 0 Å². The van der Waals surface area contributed by atoms with Crippen LogP contribution in [0.25, 0.3) is 0 Å². The van der Waals surface area contributed by atoms with Gasteiger partial charge < -0.3 is 19.3 Å². The fourth-order valence-electron chi connectivity index (χ4n) is 1.47. The Morgan fingerprint density at radius 3 is 2.79 bits per heavy atom. The molecule has 0 amide bonds. The van der Waals surface area contributed by atoms with Gasteiger partial charge in [0.15, 0.2) is 11.9 Å². The molecule has 5 nitrogen and oxygen atoms in total. The highest BCUT2D eigenvalue weighted by Crippen LogP contribution is 2.30. The molecule has 3 atom stereocenters. The highest BCUT2D eigenvalue weighted by atomic mass is 16.8. The van der Waals surface area contributed by atoms with E-state index < -0.39 is 24.0 Å². The number of carbonyl (C=O) groups excluding carboxylic acids is 1. The summed E-state index contributed by atoms with van der Waals surface area (Å²) in [5.74, 6) is -1.53. The summed E-state index contributed by atoms with van der Waals surface area (Å²) in [4.78, 5) is 11.1. The number of aliphatic hydroxyl groups is 1.